The van der Waals surface area contributed by atoms with Gasteiger partial charge in [0.1, 0.15) is 0 Å². The van der Waals surface area contributed by atoms with Gasteiger partial charge in [-0.2, -0.15) is 0 Å². The molecule has 1 aromatic carbocycles. The van der Waals surface area contributed by atoms with E-state index in [1.807, 2.05) is 43.6 Å². The summed E-state index contributed by atoms with van der Waals surface area (Å²) in [6, 6.07) is 21.8. The Kier molecular flexibility index (Phi) is 7.70. The van der Waals surface area contributed by atoms with Crippen molar-refractivity contribution in [2.45, 2.75) is 39.9 Å². The van der Waals surface area contributed by atoms with Crippen molar-refractivity contribution in [2.75, 3.05) is 26.2 Å². The lowest BCUT2D eigenvalue weighted by Gasteiger charge is -2.36. The highest BCUT2D eigenvalue weighted by atomic mass is 15.3. The molecule has 2 N–H and O–H groups in total. The van der Waals surface area contributed by atoms with Crippen LogP contribution < -0.4 is 5.73 Å². The molecular weight excluding hydrogens is 456 g/mol. The molecule has 6 heteroatoms. The molecule has 0 bridgehead atoms. The zero-order valence-electron chi connectivity index (χ0n) is 22.1. The topological polar surface area (TPSA) is 71.2 Å². The second-order valence-corrected chi connectivity index (χ2v) is 10.2. The number of piperazine rings is 1. The zero-order valence-corrected chi connectivity index (χ0v) is 22.1. The van der Waals surface area contributed by atoms with Gasteiger partial charge >= 0.3 is 0 Å². The molecule has 0 saturated carbocycles. The van der Waals surface area contributed by atoms with E-state index in [0.717, 1.165) is 77.8 Å². The van der Waals surface area contributed by atoms with Crippen LogP contribution in [-0.2, 0) is 13.1 Å². The maximum atomic E-state index is 5.99. The molecule has 0 amide bonds. The normalized spacial score (nSPS) is 14.8. The maximum Gasteiger partial charge on any atom is 0.0896 e. The second-order valence-electron chi connectivity index (χ2n) is 10.2. The molecule has 0 spiro atoms. The van der Waals surface area contributed by atoms with Gasteiger partial charge in [-0.1, -0.05) is 30.3 Å². The van der Waals surface area contributed by atoms with Gasteiger partial charge in [0.15, 0.2) is 0 Å². The van der Waals surface area contributed by atoms with Gasteiger partial charge in [0.25, 0.3) is 0 Å². The zero-order chi connectivity index (χ0) is 25.8. The highest BCUT2D eigenvalue weighted by molar-refractivity contribution is 5.74. The van der Waals surface area contributed by atoms with E-state index in [1.165, 1.54) is 5.56 Å². The minimum atomic E-state index is 0.369. The first-order valence-corrected chi connectivity index (χ1v) is 13.1. The molecule has 4 heterocycles. The van der Waals surface area contributed by atoms with Crippen molar-refractivity contribution in [3.63, 3.8) is 0 Å². The van der Waals surface area contributed by atoms with E-state index in [2.05, 4.69) is 70.0 Å². The summed E-state index contributed by atoms with van der Waals surface area (Å²) >= 11 is 0. The van der Waals surface area contributed by atoms with Crippen LogP contribution in [0.3, 0.4) is 0 Å². The van der Waals surface area contributed by atoms with Crippen molar-refractivity contribution in [3.8, 4) is 33.6 Å². The molecule has 1 aliphatic rings. The fourth-order valence-electron chi connectivity index (χ4n) is 4.93. The van der Waals surface area contributed by atoms with E-state index in [-0.39, 0.29) is 0 Å². The summed E-state index contributed by atoms with van der Waals surface area (Å²) in [5.41, 5.74) is 15.1. The molecule has 6 nitrogen and oxygen atoms in total. The summed E-state index contributed by atoms with van der Waals surface area (Å²) in [5, 5.41) is 0. The van der Waals surface area contributed by atoms with E-state index >= 15 is 0 Å². The van der Waals surface area contributed by atoms with Gasteiger partial charge in [0.2, 0.25) is 0 Å². The molecule has 1 aliphatic heterocycles. The van der Waals surface area contributed by atoms with Gasteiger partial charge in [-0.15, -0.1) is 0 Å². The van der Waals surface area contributed by atoms with Crippen molar-refractivity contribution in [2.24, 2.45) is 5.73 Å². The summed E-state index contributed by atoms with van der Waals surface area (Å²) in [6.45, 7) is 12.5. The maximum absolute atomic E-state index is 5.99. The van der Waals surface area contributed by atoms with Crippen LogP contribution in [0.5, 0.6) is 0 Å². The Balaban J connectivity index is 1.35. The summed E-state index contributed by atoms with van der Waals surface area (Å²) in [4.78, 5) is 19.1. The SMILES string of the molecule is Cc1cccc(-c2cc(-c3cncc(-c4ccc(CN5CCN(C(C)C)CC5)cc4)c3)cc(CN)n2)n1. The monoisotopic (exact) mass is 492 g/mol. The van der Waals surface area contributed by atoms with Crippen molar-refractivity contribution in [1.29, 1.82) is 0 Å². The summed E-state index contributed by atoms with van der Waals surface area (Å²) < 4.78 is 0. The second kappa shape index (κ2) is 11.3. The molecular formula is C31H36N6. The van der Waals surface area contributed by atoms with Crippen LogP contribution in [0.1, 0.15) is 30.8 Å². The standard InChI is InChI=1S/C31H36N6/c1-22(2)37-13-11-36(12-14-37)21-24-7-9-25(10-8-24)27-15-28(20-33-19-27)26-16-29(18-32)35-31(17-26)30-6-4-5-23(3)34-30/h4-10,15-17,19-20,22H,11-14,18,21,32H2,1-3H3. The third-order valence-electron chi connectivity index (χ3n) is 7.14. The predicted molar refractivity (Wildman–Crippen MR) is 151 cm³/mol. The smallest absolute Gasteiger partial charge is 0.0896 e. The number of benzene rings is 1. The molecule has 0 unspecified atom stereocenters. The van der Waals surface area contributed by atoms with Crippen LogP contribution in [-0.4, -0.2) is 57.0 Å². The molecule has 0 atom stereocenters. The van der Waals surface area contributed by atoms with Crippen molar-refractivity contribution >= 4 is 0 Å². The van der Waals surface area contributed by atoms with E-state index in [4.69, 9.17) is 10.7 Å². The van der Waals surface area contributed by atoms with Gasteiger partial charge in [-0.3, -0.25) is 19.8 Å². The lowest BCUT2D eigenvalue weighted by molar-refractivity contribution is 0.104. The third kappa shape index (κ3) is 6.10. The molecule has 37 heavy (non-hydrogen) atoms. The molecule has 0 radical (unpaired) electrons. The van der Waals surface area contributed by atoms with Gasteiger partial charge in [0.05, 0.1) is 17.1 Å². The van der Waals surface area contributed by atoms with Crippen LogP contribution in [0, 0.1) is 6.92 Å². The highest BCUT2D eigenvalue weighted by Crippen LogP contribution is 2.29. The highest BCUT2D eigenvalue weighted by Gasteiger charge is 2.18. The Morgan fingerprint density at radius 1 is 0.784 bits per heavy atom. The molecule has 1 fully saturated rings. The van der Waals surface area contributed by atoms with Gasteiger partial charge in [-0.05, 0) is 67.8 Å². The van der Waals surface area contributed by atoms with Gasteiger partial charge in [-0.25, -0.2) is 4.98 Å². The molecule has 3 aromatic heterocycles. The minimum absolute atomic E-state index is 0.369. The number of hydrogen-bond acceptors (Lipinski definition) is 6. The number of rotatable bonds is 7. The van der Waals surface area contributed by atoms with Crippen LogP contribution in [0.4, 0.5) is 0 Å². The van der Waals surface area contributed by atoms with E-state index in [1.54, 1.807) is 0 Å². The van der Waals surface area contributed by atoms with E-state index in [9.17, 15) is 0 Å². The minimum Gasteiger partial charge on any atom is -0.325 e. The Labute approximate surface area is 220 Å². The first kappa shape index (κ1) is 25.2. The largest absolute Gasteiger partial charge is 0.325 e. The lowest BCUT2D eigenvalue weighted by atomic mass is 10.00. The average molecular weight is 493 g/mol. The number of pyridine rings is 3. The third-order valence-corrected chi connectivity index (χ3v) is 7.14. The fourth-order valence-corrected chi connectivity index (χ4v) is 4.93. The van der Waals surface area contributed by atoms with Crippen LogP contribution in [0.25, 0.3) is 33.6 Å². The Bertz CT molecular complexity index is 1340. The summed E-state index contributed by atoms with van der Waals surface area (Å²) in [6.07, 6.45) is 3.83. The van der Waals surface area contributed by atoms with Gasteiger partial charge in [0, 0.05) is 74.5 Å². The first-order chi connectivity index (χ1) is 18.0. The van der Waals surface area contributed by atoms with Crippen molar-refractivity contribution in [3.05, 3.63) is 90.0 Å². The number of nitrogens with zero attached hydrogens (tertiary/aromatic N) is 5. The quantitative estimate of drug-likeness (QED) is 0.384. The average Bonchev–Trinajstić information content (AvgIpc) is 2.93. The number of nitrogens with two attached hydrogens (primary N) is 1. The number of aryl methyl sites for hydroxylation is 1. The van der Waals surface area contributed by atoms with E-state index in [0.29, 0.717) is 12.6 Å². The molecule has 4 aromatic rings. The fraction of sp³-hybridized carbons (Fsp3) is 0.323. The van der Waals surface area contributed by atoms with Crippen molar-refractivity contribution in [1.82, 2.24) is 24.8 Å². The van der Waals surface area contributed by atoms with Crippen LogP contribution in [0.15, 0.2) is 73.1 Å². The molecule has 0 aliphatic carbocycles. The molecule has 1 saturated heterocycles. The molecule has 5 rings (SSSR count). The van der Waals surface area contributed by atoms with Crippen molar-refractivity contribution < 1.29 is 0 Å². The lowest BCUT2D eigenvalue weighted by Crippen LogP contribution is -2.48. The van der Waals surface area contributed by atoms with Crippen LogP contribution in [0.2, 0.25) is 0 Å². The summed E-state index contributed by atoms with van der Waals surface area (Å²) in [7, 11) is 0. The number of hydrogen-bond donors (Lipinski definition) is 1. The molecule has 190 valence electrons. The Hall–Kier alpha value is -3.45. The Morgan fingerprint density at radius 2 is 1.51 bits per heavy atom. The van der Waals surface area contributed by atoms with Crippen LogP contribution >= 0.6 is 0 Å². The van der Waals surface area contributed by atoms with E-state index < -0.39 is 0 Å². The van der Waals surface area contributed by atoms with Gasteiger partial charge < -0.3 is 5.73 Å². The predicted octanol–water partition coefficient (Wildman–Crippen LogP) is 5.17. The number of aromatic nitrogens is 3. The first-order valence-electron chi connectivity index (χ1n) is 13.1. The Morgan fingerprint density at radius 3 is 2.19 bits per heavy atom. The summed E-state index contributed by atoms with van der Waals surface area (Å²) in [5.74, 6) is 0.